The van der Waals surface area contributed by atoms with E-state index in [0.29, 0.717) is 47.2 Å². The van der Waals surface area contributed by atoms with Gasteiger partial charge in [-0.25, -0.2) is 0 Å². The van der Waals surface area contributed by atoms with Gasteiger partial charge in [-0.2, -0.15) is 0 Å². The van der Waals surface area contributed by atoms with Crippen LogP contribution in [0.15, 0.2) is 40.4 Å². The summed E-state index contributed by atoms with van der Waals surface area (Å²) in [5, 5.41) is 13.4. The fraction of sp³-hybridized carbons (Fsp3) is 0.423. The number of halogens is 1. The monoisotopic (exact) mass is 521 g/mol. The van der Waals surface area contributed by atoms with Crippen LogP contribution in [0, 0.1) is 0 Å². The summed E-state index contributed by atoms with van der Waals surface area (Å²) in [6.07, 6.45) is 2.91. The number of rotatable bonds is 13. The van der Waals surface area contributed by atoms with E-state index in [2.05, 4.69) is 9.89 Å². The molecule has 9 heteroatoms. The Morgan fingerprint density at radius 1 is 1.17 bits per heavy atom. The van der Waals surface area contributed by atoms with E-state index in [-0.39, 0.29) is 12.4 Å². The third kappa shape index (κ3) is 8.47. The van der Waals surface area contributed by atoms with Crippen molar-refractivity contribution in [1.29, 1.82) is 0 Å². The van der Waals surface area contributed by atoms with E-state index in [0.717, 1.165) is 34.6 Å². The minimum Gasteiger partial charge on any atom is -0.493 e. The predicted molar refractivity (Wildman–Crippen MR) is 138 cm³/mol. The fourth-order valence-electron chi connectivity index (χ4n) is 3.47. The Labute approximate surface area is 215 Å². The molecule has 1 N–H and O–H groups in total. The first-order valence-electron chi connectivity index (χ1n) is 11.5. The van der Waals surface area contributed by atoms with Crippen molar-refractivity contribution in [3.63, 3.8) is 0 Å². The quantitative estimate of drug-likeness (QED) is 0.0648. The standard InChI is InChI=1S/C26H32ClNO6S/c1-5-8-20-23(11-10-19(22(6-2)28-31)26(20)34-17(3)29)33-13-7-14-35-24-12-9-18(15-21(24)27)16-25(30)32-4/h9-12,15,31H,5-8,13-14,16H2,1-4H3. The molecule has 0 fully saturated rings. The number of carbonyl (C=O) groups excluding carboxylic acids is 2. The Kier molecular flexibility index (Phi) is 11.9. The number of hydrogen-bond acceptors (Lipinski definition) is 8. The summed E-state index contributed by atoms with van der Waals surface area (Å²) in [4.78, 5) is 24.1. The van der Waals surface area contributed by atoms with Crippen molar-refractivity contribution >= 4 is 41.0 Å². The molecule has 0 heterocycles. The van der Waals surface area contributed by atoms with Gasteiger partial charge < -0.3 is 19.4 Å². The van der Waals surface area contributed by atoms with Crippen molar-refractivity contribution in [3.05, 3.63) is 52.0 Å². The van der Waals surface area contributed by atoms with Gasteiger partial charge in [0.2, 0.25) is 0 Å². The smallest absolute Gasteiger partial charge is 0.309 e. The topological polar surface area (TPSA) is 94.4 Å². The maximum atomic E-state index is 11.8. The second kappa shape index (κ2) is 14.6. The van der Waals surface area contributed by atoms with Crippen LogP contribution in [0.5, 0.6) is 11.5 Å². The molecule has 0 radical (unpaired) electrons. The Hall–Kier alpha value is -2.71. The molecule has 7 nitrogen and oxygen atoms in total. The van der Waals surface area contributed by atoms with Crippen molar-refractivity contribution < 1.29 is 29.0 Å². The molecule has 0 saturated heterocycles. The van der Waals surface area contributed by atoms with E-state index < -0.39 is 5.97 Å². The molecular formula is C26H32ClNO6S. The lowest BCUT2D eigenvalue weighted by atomic mass is 9.99. The molecule has 2 aromatic rings. The lowest BCUT2D eigenvalue weighted by Gasteiger charge is -2.18. The van der Waals surface area contributed by atoms with Crippen LogP contribution in [-0.4, -0.2) is 42.3 Å². The zero-order valence-electron chi connectivity index (χ0n) is 20.6. The predicted octanol–water partition coefficient (Wildman–Crippen LogP) is 6.08. The molecule has 0 aliphatic heterocycles. The van der Waals surface area contributed by atoms with Gasteiger partial charge in [-0.1, -0.05) is 43.1 Å². The highest BCUT2D eigenvalue weighted by molar-refractivity contribution is 7.99. The third-order valence-corrected chi connectivity index (χ3v) is 6.69. The van der Waals surface area contributed by atoms with E-state index in [9.17, 15) is 14.8 Å². The molecule has 2 rings (SSSR count). The number of thioether (sulfide) groups is 1. The maximum absolute atomic E-state index is 11.8. The number of methoxy groups -OCH3 is 1. The van der Waals surface area contributed by atoms with E-state index in [1.807, 2.05) is 32.0 Å². The summed E-state index contributed by atoms with van der Waals surface area (Å²) in [7, 11) is 1.36. The van der Waals surface area contributed by atoms with Crippen LogP contribution in [0.4, 0.5) is 0 Å². The van der Waals surface area contributed by atoms with Crippen LogP contribution in [-0.2, 0) is 27.2 Å². The second-order valence-corrected chi connectivity index (χ2v) is 9.27. The zero-order valence-corrected chi connectivity index (χ0v) is 22.1. The molecule has 0 aromatic heterocycles. The van der Waals surface area contributed by atoms with Crippen LogP contribution in [0.25, 0.3) is 0 Å². The van der Waals surface area contributed by atoms with Gasteiger partial charge >= 0.3 is 11.9 Å². The molecule has 190 valence electrons. The maximum Gasteiger partial charge on any atom is 0.309 e. The Bertz CT molecular complexity index is 1060. The summed E-state index contributed by atoms with van der Waals surface area (Å²) in [5.41, 5.74) is 2.62. The molecule has 0 atom stereocenters. The van der Waals surface area contributed by atoms with Gasteiger partial charge in [-0.3, -0.25) is 9.59 Å². The number of oxime groups is 1. The van der Waals surface area contributed by atoms with Gasteiger partial charge in [-0.15, -0.1) is 11.8 Å². The highest BCUT2D eigenvalue weighted by atomic mass is 35.5. The van der Waals surface area contributed by atoms with Gasteiger partial charge in [-0.05, 0) is 49.1 Å². The lowest BCUT2D eigenvalue weighted by molar-refractivity contribution is -0.139. The molecule has 0 saturated carbocycles. The minimum absolute atomic E-state index is 0.188. The summed E-state index contributed by atoms with van der Waals surface area (Å²) < 4.78 is 16.3. The van der Waals surface area contributed by atoms with Gasteiger partial charge in [0, 0.05) is 28.7 Å². The lowest BCUT2D eigenvalue weighted by Crippen LogP contribution is -2.12. The fourth-order valence-corrected chi connectivity index (χ4v) is 4.68. The zero-order chi connectivity index (χ0) is 25.8. The summed E-state index contributed by atoms with van der Waals surface area (Å²) in [6, 6.07) is 9.15. The number of carbonyl (C=O) groups is 2. The highest BCUT2D eigenvalue weighted by Gasteiger charge is 2.20. The van der Waals surface area contributed by atoms with E-state index >= 15 is 0 Å². The van der Waals surface area contributed by atoms with Gasteiger partial charge in [0.15, 0.2) is 0 Å². The molecule has 0 aliphatic carbocycles. The summed E-state index contributed by atoms with van der Waals surface area (Å²) in [5.74, 6) is 1.07. The Morgan fingerprint density at radius 3 is 2.54 bits per heavy atom. The van der Waals surface area contributed by atoms with Crippen molar-refractivity contribution in [2.75, 3.05) is 19.5 Å². The summed E-state index contributed by atoms with van der Waals surface area (Å²) >= 11 is 7.98. The summed E-state index contributed by atoms with van der Waals surface area (Å²) in [6.45, 7) is 5.72. The van der Waals surface area contributed by atoms with Crippen LogP contribution in [0.1, 0.15) is 56.7 Å². The highest BCUT2D eigenvalue weighted by Crippen LogP contribution is 2.35. The first-order chi connectivity index (χ1) is 16.8. The molecule has 0 amide bonds. The number of esters is 2. The number of benzene rings is 2. The largest absolute Gasteiger partial charge is 0.493 e. The van der Waals surface area contributed by atoms with Gasteiger partial charge in [0.1, 0.15) is 11.5 Å². The van der Waals surface area contributed by atoms with Crippen LogP contribution in [0.3, 0.4) is 0 Å². The SMILES string of the molecule is CCCc1c(OCCCSc2ccc(CC(=O)OC)cc2Cl)ccc(C(CC)=NO)c1OC(C)=O. The average Bonchev–Trinajstić information content (AvgIpc) is 2.83. The van der Waals surface area contributed by atoms with E-state index in [1.165, 1.54) is 14.0 Å². The third-order valence-electron chi connectivity index (χ3n) is 5.11. The van der Waals surface area contributed by atoms with Crippen LogP contribution < -0.4 is 9.47 Å². The molecular weight excluding hydrogens is 490 g/mol. The Morgan fingerprint density at radius 2 is 1.94 bits per heavy atom. The molecule has 0 bridgehead atoms. The van der Waals surface area contributed by atoms with E-state index in [1.54, 1.807) is 23.9 Å². The first-order valence-corrected chi connectivity index (χ1v) is 12.9. The first kappa shape index (κ1) is 28.5. The minimum atomic E-state index is -0.444. The molecule has 0 aliphatic rings. The number of hydrogen-bond donors (Lipinski definition) is 1. The number of ether oxygens (including phenoxy) is 3. The molecule has 2 aromatic carbocycles. The van der Waals surface area contributed by atoms with Crippen molar-refractivity contribution in [2.45, 2.75) is 57.8 Å². The number of nitrogens with zero attached hydrogens (tertiary/aromatic N) is 1. The average molecular weight is 522 g/mol. The molecule has 0 unspecified atom stereocenters. The van der Waals surface area contributed by atoms with E-state index in [4.69, 9.17) is 21.1 Å². The van der Waals surface area contributed by atoms with Gasteiger partial charge in [0.05, 0.1) is 30.9 Å². The molecule has 0 spiro atoms. The van der Waals surface area contributed by atoms with Gasteiger partial charge in [0.25, 0.3) is 0 Å². The Balaban J connectivity index is 2.06. The normalized spacial score (nSPS) is 11.3. The van der Waals surface area contributed by atoms with Crippen molar-refractivity contribution in [3.8, 4) is 11.5 Å². The van der Waals surface area contributed by atoms with Crippen molar-refractivity contribution in [1.82, 2.24) is 0 Å². The van der Waals surface area contributed by atoms with Crippen LogP contribution >= 0.6 is 23.4 Å². The molecule has 35 heavy (non-hydrogen) atoms. The second-order valence-electron chi connectivity index (χ2n) is 7.73. The van der Waals surface area contributed by atoms with Crippen LogP contribution in [0.2, 0.25) is 5.02 Å². The van der Waals surface area contributed by atoms with Crippen molar-refractivity contribution in [2.24, 2.45) is 5.16 Å².